The molecule has 5 heteroatoms. The summed E-state index contributed by atoms with van der Waals surface area (Å²) in [5.41, 5.74) is 3.32. The molecular formula is C6H4N3OS. The number of rotatable bonds is 1. The van der Waals surface area contributed by atoms with E-state index in [1.807, 2.05) is 0 Å². The Labute approximate surface area is 66.9 Å². The summed E-state index contributed by atoms with van der Waals surface area (Å²) in [5.74, 6) is 0.509. The van der Waals surface area contributed by atoms with Crippen molar-refractivity contribution in [2.45, 2.75) is 0 Å². The predicted octanol–water partition coefficient (Wildman–Crippen LogP) is 0.895. The lowest BCUT2D eigenvalue weighted by atomic mass is 10.7. The Morgan fingerprint density at radius 1 is 1.64 bits per heavy atom. The zero-order valence-corrected chi connectivity index (χ0v) is 6.55. The van der Waals surface area contributed by atoms with Gasteiger partial charge >= 0.3 is 0 Å². The van der Waals surface area contributed by atoms with Crippen LogP contribution in [0.25, 0.3) is 10.5 Å². The summed E-state index contributed by atoms with van der Waals surface area (Å²) < 4.78 is 4.88. The Kier molecular flexibility index (Phi) is 1.43. The molecule has 55 valence electrons. The van der Waals surface area contributed by atoms with E-state index in [2.05, 4.69) is 20.5 Å². The van der Waals surface area contributed by atoms with E-state index in [1.54, 1.807) is 7.11 Å². The first-order chi connectivity index (χ1) is 5.40. The summed E-state index contributed by atoms with van der Waals surface area (Å²) in [7, 11) is 1.56. The van der Waals surface area contributed by atoms with Crippen LogP contribution < -0.4 is 4.74 Å². The third-order valence-corrected chi connectivity index (χ3v) is 1.85. The lowest BCUT2D eigenvalue weighted by molar-refractivity contribution is 0.398. The first kappa shape index (κ1) is 6.48. The molecule has 0 spiro atoms. The van der Waals surface area contributed by atoms with Gasteiger partial charge in [-0.3, -0.25) is 0 Å². The van der Waals surface area contributed by atoms with Gasteiger partial charge < -0.3 is 4.74 Å². The van der Waals surface area contributed by atoms with Gasteiger partial charge in [-0.2, -0.15) is 4.98 Å². The molecule has 0 unspecified atom stereocenters. The zero-order chi connectivity index (χ0) is 7.68. The number of ether oxygens (including phenoxy) is 1. The minimum atomic E-state index is 0.509. The third-order valence-electron chi connectivity index (χ3n) is 1.20. The quantitative estimate of drug-likeness (QED) is 0.631. The maximum absolute atomic E-state index is 4.88. The summed E-state index contributed by atoms with van der Waals surface area (Å²) in [6.07, 6.45) is 1.54. The van der Waals surface area contributed by atoms with Gasteiger partial charge in [0.25, 0.3) is 0 Å². The molecule has 4 nitrogen and oxygen atoms in total. The fourth-order valence-corrected chi connectivity index (χ4v) is 1.25. The lowest BCUT2D eigenvalue weighted by Crippen LogP contribution is -1.88. The van der Waals surface area contributed by atoms with E-state index in [9.17, 15) is 0 Å². The molecule has 0 bridgehead atoms. The largest absolute Gasteiger partial charge is 0.480 e. The first-order valence-corrected chi connectivity index (χ1v) is 3.75. The monoisotopic (exact) mass is 166 g/mol. The van der Waals surface area contributed by atoms with Crippen molar-refractivity contribution in [2.75, 3.05) is 7.11 Å². The summed E-state index contributed by atoms with van der Waals surface area (Å²) >= 11 is 1.33. The average Bonchev–Trinajstić information content (AvgIpc) is 2.50. The topological polar surface area (TPSA) is 47.9 Å². The van der Waals surface area contributed by atoms with Gasteiger partial charge in [-0.05, 0) is 0 Å². The molecule has 0 N–H and O–H groups in total. The Bertz CT molecular complexity index is 373. The van der Waals surface area contributed by atoms with E-state index < -0.39 is 0 Å². The molecule has 2 aromatic rings. The van der Waals surface area contributed by atoms with Crippen LogP contribution in [-0.4, -0.2) is 22.1 Å². The van der Waals surface area contributed by atoms with Crippen LogP contribution >= 0.6 is 11.3 Å². The van der Waals surface area contributed by atoms with Gasteiger partial charge in [0.05, 0.1) is 13.3 Å². The number of fused-ring (bicyclic) bond motifs is 1. The average molecular weight is 166 g/mol. The number of aromatic nitrogens is 3. The standard InChI is InChI=1S/C6H4N3OS/c1-10-4-2-7-5-6(9-4)11-3-8-5/h2H,1H3. The minimum absolute atomic E-state index is 0.509. The SMILES string of the molecule is COc1cnc2n[c]sc2n1. The summed E-state index contributed by atoms with van der Waals surface area (Å²) in [4.78, 5) is 12.7. The molecule has 0 fully saturated rings. The van der Waals surface area contributed by atoms with E-state index in [4.69, 9.17) is 4.74 Å². The zero-order valence-electron chi connectivity index (χ0n) is 5.74. The van der Waals surface area contributed by atoms with E-state index in [0.717, 1.165) is 4.83 Å². The molecule has 0 aliphatic heterocycles. The maximum atomic E-state index is 4.88. The first-order valence-electron chi connectivity index (χ1n) is 2.94. The molecule has 0 aromatic carbocycles. The van der Waals surface area contributed by atoms with Crippen molar-refractivity contribution in [3.63, 3.8) is 0 Å². The van der Waals surface area contributed by atoms with Gasteiger partial charge in [0.2, 0.25) is 5.88 Å². The van der Waals surface area contributed by atoms with E-state index in [-0.39, 0.29) is 0 Å². The molecule has 2 aromatic heterocycles. The van der Waals surface area contributed by atoms with Crippen molar-refractivity contribution in [3.05, 3.63) is 11.7 Å². The Hall–Kier alpha value is -1.23. The van der Waals surface area contributed by atoms with Gasteiger partial charge in [0.1, 0.15) is 0 Å². The minimum Gasteiger partial charge on any atom is -0.480 e. The van der Waals surface area contributed by atoms with Crippen molar-refractivity contribution < 1.29 is 4.74 Å². The van der Waals surface area contributed by atoms with Gasteiger partial charge in [0.15, 0.2) is 16.0 Å². The molecule has 0 saturated heterocycles. The summed E-state index contributed by atoms with van der Waals surface area (Å²) in [6, 6.07) is 0. The Balaban J connectivity index is 2.67. The van der Waals surface area contributed by atoms with E-state index >= 15 is 0 Å². The van der Waals surface area contributed by atoms with Crippen molar-refractivity contribution >= 4 is 21.8 Å². The van der Waals surface area contributed by atoms with Crippen LogP contribution in [0.15, 0.2) is 6.20 Å². The van der Waals surface area contributed by atoms with Gasteiger partial charge in [-0.15, -0.1) is 0 Å². The Morgan fingerprint density at radius 3 is 3.36 bits per heavy atom. The van der Waals surface area contributed by atoms with Gasteiger partial charge in [-0.1, -0.05) is 11.3 Å². The molecule has 11 heavy (non-hydrogen) atoms. The molecular weight excluding hydrogens is 162 g/mol. The predicted molar refractivity (Wildman–Crippen MR) is 40.6 cm³/mol. The summed E-state index contributed by atoms with van der Waals surface area (Å²) in [6.45, 7) is 0. The third kappa shape index (κ3) is 1.03. The van der Waals surface area contributed by atoms with Crippen LogP contribution in [0, 0.1) is 5.51 Å². The summed E-state index contributed by atoms with van der Waals surface area (Å²) in [5, 5.41) is 0. The second-order valence-electron chi connectivity index (χ2n) is 1.85. The van der Waals surface area contributed by atoms with Crippen LogP contribution in [0.1, 0.15) is 0 Å². The number of methoxy groups -OCH3 is 1. The highest BCUT2D eigenvalue weighted by Gasteiger charge is 2.00. The van der Waals surface area contributed by atoms with Crippen molar-refractivity contribution in [3.8, 4) is 5.88 Å². The lowest BCUT2D eigenvalue weighted by Gasteiger charge is -1.94. The second kappa shape index (κ2) is 2.43. The van der Waals surface area contributed by atoms with Crippen molar-refractivity contribution in [2.24, 2.45) is 0 Å². The highest BCUT2D eigenvalue weighted by molar-refractivity contribution is 7.15. The van der Waals surface area contributed by atoms with Crippen LogP contribution in [0.5, 0.6) is 5.88 Å². The van der Waals surface area contributed by atoms with Crippen LogP contribution in [-0.2, 0) is 0 Å². The molecule has 0 aliphatic carbocycles. The van der Waals surface area contributed by atoms with Gasteiger partial charge in [-0.25, -0.2) is 9.97 Å². The van der Waals surface area contributed by atoms with E-state index in [0.29, 0.717) is 11.5 Å². The molecule has 2 rings (SSSR count). The number of nitrogens with zero attached hydrogens (tertiary/aromatic N) is 3. The number of hydrogen-bond acceptors (Lipinski definition) is 5. The van der Waals surface area contributed by atoms with Crippen LogP contribution in [0.4, 0.5) is 0 Å². The molecule has 0 aliphatic rings. The number of hydrogen-bond donors (Lipinski definition) is 0. The molecule has 1 radical (unpaired) electrons. The second-order valence-corrected chi connectivity index (χ2v) is 2.62. The van der Waals surface area contributed by atoms with Gasteiger partial charge in [0, 0.05) is 0 Å². The maximum Gasteiger partial charge on any atom is 0.233 e. The molecule has 0 amide bonds. The highest BCUT2D eigenvalue weighted by Crippen LogP contribution is 2.14. The Morgan fingerprint density at radius 2 is 2.55 bits per heavy atom. The molecule has 0 saturated carbocycles. The van der Waals surface area contributed by atoms with E-state index in [1.165, 1.54) is 17.5 Å². The normalized spacial score (nSPS) is 10.3. The fourth-order valence-electron chi connectivity index (χ4n) is 0.703. The number of thiazole rings is 1. The van der Waals surface area contributed by atoms with Crippen molar-refractivity contribution in [1.82, 2.24) is 15.0 Å². The molecule has 0 atom stereocenters. The van der Waals surface area contributed by atoms with Crippen LogP contribution in [0.3, 0.4) is 0 Å². The molecule has 2 heterocycles. The van der Waals surface area contributed by atoms with Crippen molar-refractivity contribution in [1.29, 1.82) is 0 Å². The van der Waals surface area contributed by atoms with Crippen LogP contribution in [0.2, 0.25) is 0 Å². The smallest absolute Gasteiger partial charge is 0.233 e. The fraction of sp³-hybridized carbons (Fsp3) is 0.167. The highest BCUT2D eigenvalue weighted by atomic mass is 32.1.